The van der Waals surface area contributed by atoms with Crippen molar-refractivity contribution >= 4 is 9.84 Å². The van der Waals surface area contributed by atoms with Crippen LogP contribution in [0.2, 0.25) is 0 Å². The molecule has 0 fully saturated rings. The fraction of sp³-hybridized carbons (Fsp3) is 0.0400. The number of aromatic nitrogens is 2. The standard InChI is InChI=1S/C25H16F2N2O3S/c1-33(31,32)20-11-8-18(9-12-20)22-16-28-29(19-10-14-23(26)24(27)15-19)25(30)21(22)13-7-17-5-3-2-4-6-17/h2-6,8-12,14-16H,1H3. The van der Waals surface area contributed by atoms with Crippen LogP contribution in [-0.4, -0.2) is 24.5 Å². The molecule has 0 amide bonds. The van der Waals surface area contributed by atoms with Crippen LogP contribution in [0.15, 0.2) is 88.7 Å². The van der Waals surface area contributed by atoms with Crippen LogP contribution >= 0.6 is 0 Å². The van der Waals surface area contributed by atoms with Crippen LogP contribution in [0.1, 0.15) is 11.1 Å². The van der Waals surface area contributed by atoms with Crippen LogP contribution in [0.25, 0.3) is 16.8 Å². The van der Waals surface area contributed by atoms with Gasteiger partial charge in [-0.05, 0) is 42.0 Å². The smallest absolute Gasteiger partial charge is 0.266 e. The molecule has 0 bridgehead atoms. The summed E-state index contributed by atoms with van der Waals surface area (Å²) in [7, 11) is -3.39. The lowest BCUT2D eigenvalue weighted by molar-refractivity contribution is 0.507. The van der Waals surface area contributed by atoms with Crippen LogP contribution in [0.4, 0.5) is 8.78 Å². The zero-order chi connectivity index (χ0) is 23.6. The van der Waals surface area contributed by atoms with Crippen molar-refractivity contribution in [2.24, 2.45) is 0 Å². The lowest BCUT2D eigenvalue weighted by atomic mass is 10.0. The largest absolute Gasteiger partial charge is 0.287 e. The van der Waals surface area contributed by atoms with Gasteiger partial charge < -0.3 is 0 Å². The van der Waals surface area contributed by atoms with Gasteiger partial charge in [0.15, 0.2) is 21.5 Å². The summed E-state index contributed by atoms with van der Waals surface area (Å²) in [5.41, 5.74) is 1.07. The number of benzene rings is 3. The molecular weight excluding hydrogens is 446 g/mol. The maximum atomic E-state index is 13.7. The summed E-state index contributed by atoms with van der Waals surface area (Å²) in [4.78, 5) is 13.4. The first-order valence-corrected chi connectivity index (χ1v) is 11.6. The fourth-order valence-corrected chi connectivity index (χ4v) is 3.76. The number of hydrogen-bond acceptors (Lipinski definition) is 4. The first kappa shape index (κ1) is 22.1. The van der Waals surface area contributed by atoms with Gasteiger partial charge in [0, 0.05) is 23.4 Å². The summed E-state index contributed by atoms with van der Waals surface area (Å²) in [6.07, 6.45) is 2.48. The Hall–Kier alpha value is -4.09. The summed E-state index contributed by atoms with van der Waals surface area (Å²) in [6, 6.07) is 18.0. The van der Waals surface area contributed by atoms with Gasteiger partial charge in [-0.1, -0.05) is 42.2 Å². The molecule has 0 N–H and O–H groups in total. The summed E-state index contributed by atoms with van der Waals surface area (Å²) < 4.78 is 51.6. The molecule has 0 saturated carbocycles. The minimum atomic E-state index is -3.39. The molecule has 0 saturated heterocycles. The first-order valence-electron chi connectivity index (χ1n) is 9.69. The summed E-state index contributed by atoms with van der Waals surface area (Å²) in [6.45, 7) is 0. The number of hydrogen-bond donors (Lipinski definition) is 0. The van der Waals surface area contributed by atoms with Crippen LogP contribution in [-0.2, 0) is 9.84 Å². The van der Waals surface area contributed by atoms with E-state index in [9.17, 15) is 22.0 Å². The SMILES string of the molecule is CS(=O)(=O)c1ccc(-c2cnn(-c3ccc(F)c(F)c3)c(=O)c2C#Cc2ccccc2)cc1. The van der Waals surface area contributed by atoms with Gasteiger partial charge in [-0.15, -0.1) is 0 Å². The highest BCUT2D eigenvalue weighted by molar-refractivity contribution is 7.90. The van der Waals surface area contributed by atoms with E-state index in [0.717, 1.165) is 23.1 Å². The molecule has 0 aliphatic carbocycles. The zero-order valence-corrected chi connectivity index (χ0v) is 18.1. The third-order valence-corrected chi connectivity index (χ3v) is 5.95. The van der Waals surface area contributed by atoms with E-state index >= 15 is 0 Å². The van der Waals surface area contributed by atoms with E-state index in [1.54, 1.807) is 36.4 Å². The predicted octanol–water partition coefficient (Wildman–Crippen LogP) is 3.98. The van der Waals surface area contributed by atoms with E-state index in [4.69, 9.17) is 0 Å². The molecular formula is C25H16F2N2O3S. The molecule has 0 spiro atoms. The normalized spacial score (nSPS) is 11.0. The number of halogens is 2. The monoisotopic (exact) mass is 462 g/mol. The lowest BCUT2D eigenvalue weighted by Gasteiger charge is -2.10. The van der Waals surface area contributed by atoms with Crippen molar-refractivity contribution in [2.75, 3.05) is 6.26 Å². The minimum absolute atomic E-state index is 0.0423. The molecule has 1 heterocycles. The Morgan fingerprint density at radius 2 is 1.58 bits per heavy atom. The van der Waals surface area contributed by atoms with Crippen molar-refractivity contribution in [3.63, 3.8) is 0 Å². The Balaban J connectivity index is 1.91. The van der Waals surface area contributed by atoms with Crippen molar-refractivity contribution in [3.05, 3.63) is 112 Å². The van der Waals surface area contributed by atoms with E-state index in [1.807, 2.05) is 6.07 Å². The zero-order valence-electron chi connectivity index (χ0n) is 17.3. The highest BCUT2D eigenvalue weighted by atomic mass is 32.2. The topological polar surface area (TPSA) is 69.0 Å². The van der Waals surface area contributed by atoms with Crippen molar-refractivity contribution in [2.45, 2.75) is 4.90 Å². The molecule has 3 aromatic carbocycles. The molecule has 5 nitrogen and oxygen atoms in total. The van der Waals surface area contributed by atoms with Gasteiger partial charge in [-0.3, -0.25) is 4.79 Å². The molecule has 164 valence electrons. The quantitative estimate of drug-likeness (QED) is 0.432. The maximum absolute atomic E-state index is 13.7. The predicted molar refractivity (Wildman–Crippen MR) is 121 cm³/mol. The van der Waals surface area contributed by atoms with Crippen molar-refractivity contribution in [1.82, 2.24) is 9.78 Å². The molecule has 0 unspecified atom stereocenters. The van der Waals surface area contributed by atoms with Gasteiger partial charge in [0.05, 0.1) is 16.8 Å². The average Bonchev–Trinajstić information content (AvgIpc) is 2.80. The molecule has 0 atom stereocenters. The maximum Gasteiger partial charge on any atom is 0.287 e. The molecule has 8 heteroatoms. The Kier molecular flexibility index (Phi) is 5.90. The minimum Gasteiger partial charge on any atom is -0.266 e. The highest BCUT2D eigenvalue weighted by Gasteiger charge is 2.15. The van der Waals surface area contributed by atoms with E-state index < -0.39 is 27.0 Å². The van der Waals surface area contributed by atoms with Gasteiger partial charge >= 0.3 is 0 Å². The molecule has 4 aromatic rings. The second-order valence-electron chi connectivity index (χ2n) is 7.16. The van der Waals surface area contributed by atoms with Gasteiger partial charge in [0.2, 0.25) is 0 Å². The molecule has 0 radical (unpaired) electrons. The van der Waals surface area contributed by atoms with Crippen LogP contribution in [0, 0.1) is 23.5 Å². The van der Waals surface area contributed by atoms with Gasteiger partial charge in [0.25, 0.3) is 5.56 Å². The van der Waals surface area contributed by atoms with Gasteiger partial charge in [0.1, 0.15) is 5.56 Å². The summed E-state index contributed by atoms with van der Waals surface area (Å²) in [5, 5.41) is 4.11. The molecule has 33 heavy (non-hydrogen) atoms. The van der Waals surface area contributed by atoms with E-state index in [2.05, 4.69) is 16.9 Å². The Morgan fingerprint density at radius 3 is 2.21 bits per heavy atom. The molecule has 0 aliphatic rings. The summed E-state index contributed by atoms with van der Waals surface area (Å²) in [5.74, 6) is 3.64. The number of rotatable bonds is 3. The third kappa shape index (κ3) is 4.73. The Morgan fingerprint density at radius 1 is 0.879 bits per heavy atom. The lowest BCUT2D eigenvalue weighted by Crippen LogP contribution is -2.24. The highest BCUT2D eigenvalue weighted by Crippen LogP contribution is 2.23. The molecule has 4 rings (SSSR count). The molecule has 1 aromatic heterocycles. The van der Waals surface area contributed by atoms with E-state index in [1.165, 1.54) is 24.4 Å². The third-order valence-electron chi connectivity index (χ3n) is 4.82. The first-order chi connectivity index (χ1) is 15.7. The van der Waals surface area contributed by atoms with Gasteiger partial charge in [-0.25, -0.2) is 17.2 Å². The Bertz CT molecular complexity index is 1570. The fourth-order valence-electron chi connectivity index (χ4n) is 3.13. The second-order valence-corrected chi connectivity index (χ2v) is 9.18. The van der Waals surface area contributed by atoms with Crippen molar-refractivity contribution < 1.29 is 17.2 Å². The molecule has 0 aliphatic heterocycles. The van der Waals surface area contributed by atoms with Gasteiger partial charge in [-0.2, -0.15) is 9.78 Å². The van der Waals surface area contributed by atoms with E-state index in [0.29, 0.717) is 16.7 Å². The Labute approximate surface area is 188 Å². The van der Waals surface area contributed by atoms with Crippen LogP contribution in [0.5, 0.6) is 0 Å². The van der Waals surface area contributed by atoms with Crippen molar-refractivity contribution in [1.29, 1.82) is 0 Å². The number of sulfone groups is 1. The van der Waals surface area contributed by atoms with E-state index in [-0.39, 0.29) is 16.1 Å². The second kappa shape index (κ2) is 8.81. The van der Waals surface area contributed by atoms with Crippen molar-refractivity contribution in [3.8, 4) is 28.7 Å². The average molecular weight is 462 g/mol. The van der Waals surface area contributed by atoms with Crippen LogP contribution < -0.4 is 5.56 Å². The number of nitrogens with zero attached hydrogens (tertiary/aromatic N) is 2. The van der Waals surface area contributed by atoms with Crippen LogP contribution in [0.3, 0.4) is 0 Å². The summed E-state index contributed by atoms with van der Waals surface area (Å²) >= 11 is 0.